The molecule has 138 valence electrons. The predicted molar refractivity (Wildman–Crippen MR) is 100.0 cm³/mol. The number of aryl methyl sites for hydroxylation is 1. The van der Waals surface area contributed by atoms with E-state index in [9.17, 15) is 0 Å². The summed E-state index contributed by atoms with van der Waals surface area (Å²) in [5.41, 5.74) is 4.12. The Balaban J connectivity index is 1.77. The van der Waals surface area contributed by atoms with Crippen LogP contribution in [0, 0.1) is 0 Å². The molecular weight excluding hydrogens is 314 g/mol. The Hall–Kier alpha value is -1.68. The zero-order chi connectivity index (χ0) is 18.0. The van der Waals surface area contributed by atoms with Crippen molar-refractivity contribution < 1.29 is 18.7 Å². The second-order valence-corrected chi connectivity index (χ2v) is 7.23. The van der Waals surface area contributed by atoms with Crippen molar-refractivity contribution in [2.75, 3.05) is 33.9 Å². The number of allylic oxidation sites excluding steroid dienone is 2. The number of ether oxygens (including phenoxy) is 3. The summed E-state index contributed by atoms with van der Waals surface area (Å²) in [6, 6.07) is 4.25. The van der Waals surface area contributed by atoms with Crippen LogP contribution in [0.4, 0.5) is 0 Å². The van der Waals surface area contributed by atoms with Gasteiger partial charge < -0.3 is 14.2 Å². The number of hydrogen-bond donors (Lipinski definition) is 0. The third-order valence-electron chi connectivity index (χ3n) is 6.00. The van der Waals surface area contributed by atoms with Gasteiger partial charge in [-0.2, -0.15) is 0 Å². The van der Waals surface area contributed by atoms with Gasteiger partial charge >= 0.3 is 0 Å². The number of benzene rings is 1. The highest BCUT2D eigenvalue weighted by Crippen LogP contribution is 2.37. The molecule has 0 radical (unpaired) electrons. The van der Waals surface area contributed by atoms with Crippen LogP contribution in [-0.2, 0) is 17.6 Å². The van der Waals surface area contributed by atoms with Crippen molar-refractivity contribution in [3.05, 3.63) is 34.7 Å². The zero-order valence-corrected chi connectivity index (χ0v) is 16.4. The molecule has 1 saturated heterocycles. The number of hydrogen-bond acceptors (Lipinski definition) is 3. The molecule has 1 aliphatic heterocycles. The first-order valence-corrected chi connectivity index (χ1v) is 9.53. The number of nitrogens with zero attached hydrogens (tertiary/aromatic N) is 1. The molecule has 1 unspecified atom stereocenters. The lowest BCUT2D eigenvalue weighted by Crippen LogP contribution is -2.28. The molecule has 0 bridgehead atoms. The normalized spacial score (nSPS) is 21.9. The third kappa shape index (κ3) is 3.50. The van der Waals surface area contributed by atoms with Gasteiger partial charge in [0.05, 0.1) is 20.8 Å². The van der Waals surface area contributed by atoms with E-state index in [0.29, 0.717) is 0 Å². The highest BCUT2D eigenvalue weighted by molar-refractivity contribution is 5.48. The average Bonchev–Trinajstić information content (AvgIpc) is 3.45. The monoisotopic (exact) mass is 346 g/mol. The van der Waals surface area contributed by atoms with Crippen molar-refractivity contribution in [3.8, 4) is 11.5 Å². The smallest absolute Gasteiger partial charge is 0.161 e. The summed E-state index contributed by atoms with van der Waals surface area (Å²) in [6.45, 7) is 10.4. The minimum Gasteiger partial charge on any atom is -0.493 e. The molecule has 0 spiro atoms. The molecule has 3 rings (SSSR count). The summed E-state index contributed by atoms with van der Waals surface area (Å²) in [6.07, 6.45) is 4.27. The van der Waals surface area contributed by atoms with Gasteiger partial charge in [-0.15, -0.1) is 0 Å². The Morgan fingerprint density at radius 2 is 1.72 bits per heavy atom. The van der Waals surface area contributed by atoms with E-state index >= 15 is 0 Å². The lowest BCUT2D eigenvalue weighted by Gasteiger charge is -2.29. The van der Waals surface area contributed by atoms with Crippen molar-refractivity contribution in [1.29, 1.82) is 0 Å². The number of fused-ring (bicyclic) bond motifs is 1. The number of likely N-dealkylation sites (N-methyl/N-ethyl adjacent to an activating group) is 1. The van der Waals surface area contributed by atoms with Crippen molar-refractivity contribution in [2.45, 2.75) is 52.6 Å². The van der Waals surface area contributed by atoms with E-state index in [2.05, 4.69) is 32.9 Å². The molecule has 0 saturated carbocycles. The van der Waals surface area contributed by atoms with Crippen molar-refractivity contribution >= 4 is 0 Å². The molecule has 4 nitrogen and oxygen atoms in total. The van der Waals surface area contributed by atoms with Crippen LogP contribution < -0.4 is 9.47 Å². The fourth-order valence-corrected chi connectivity index (χ4v) is 4.05. The largest absolute Gasteiger partial charge is 0.493 e. The van der Waals surface area contributed by atoms with Gasteiger partial charge in [0.2, 0.25) is 0 Å². The highest BCUT2D eigenvalue weighted by Gasteiger charge is 2.44. The molecule has 25 heavy (non-hydrogen) atoms. The van der Waals surface area contributed by atoms with Gasteiger partial charge in [-0.3, -0.25) is 4.48 Å². The second-order valence-electron chi connectivity index (χ2n) is 7.23. The summed E-state index contributed by atoms with van der Waals surface area (Å²) >= 11 is 0. The fourth-order valence-electron chi connectivity index (χ4n) is 4.05. The molecule has 1 fully saturated rings. The van der Waals surface area contributed by atoms with Gasteiger partial charge in [0.25, 0.3) is 0 Å². The molecule has 1 aromatic carbocycles. The van der Waals surface area contributed by atoms with Crippen LogP contribution in [0.1, 0.15) is 44.7 Å². The van der Waals surface area contributed by atoms with Crippen LogP contribution in [0.3, 0.4) is 0 Å². The first-order chi connectivity index (χ1) is 12.1. The van der Waals surface area contributed by atoms with E-state index in [1.807, 2.05) is 0 Å². The Labute approximate surface area is 152 Å². The summed E-state index contributed by atoms with van der Waals surface area (Å²) < 4.78 is 18.5. The quantitative estimate of drug-likeness (QED) is 0.423. The number of methoxy groups -OCH3 is 2. The third-order valence-corrected chi connectivity index (χ3v) is 6.00. The van der Waals surface area contributed by atoms with Crippen LogP contribution in [0.5, 0.6) is 11.5 Å². The fraction of sp³-hybridized carbons (Fsp3) is 0.619. The maximum atomic E-state index is 6.51. The predicted octanol–water partition coefficient (Wildman–Crippen LogP) is 4.07. The van der Waals surface area contributed by atoms with E-state index in [0.717, 1.165) is 41.7 Å². The van der Waals surface area contributed by atoms with Gasteiger partial charge in [0, 0.05) is 19.8 Å². The molecule has 2 aliphatic rings. The summed E-state index contributed by atoms with van der Waals surface area (Å²) in [5.74, 6) is 2.83. The maximum absolute atomic E-state index is 6.51. The summed E-state index contributed by atoms with van der Waals surface area (Å²) in [4.78, 5) is 0. The van der Waals surface area contributed by atoms with Crippen LogP contribution in [0.25, 0.3) is 0 Å². The van der Waals surface area contributed by atoms with Crippen molar-refractivity contribution in [2.24, 2.45) is 0 Å². The highest BCUT2D eigenvalue weighted by atomic mass is 16.5. The molecule has 0 N–H and O–H groups in total. The molecule has 0 amide bonds. The van der Waals surface area contributed by atoms with Crippen LogP contribution in [-0.4, -0.2) is 44.4 Å². The van der Waals surface area contributed by atoms with Crippen LogP contribution >= 0.6 is 0 Å². The van der Waals surface area contributed by atoms with Gasteiger partial charge in [-0.1, -0.05) is 6.92 Å². The molecule has 1 aliphatic carbocycles. The summed E-state index contributed by atoms with van der Waals surface area (Å²) in [5, 5.41) is 0. The van der Waals surface area contributed by atoms with E-state index < -0.39 is 0 Å². The van der Waals surface area contributed by atoms with Crippen LogP contribution in [0.2, 0.25) is 0 Å². The summed E-state index contributed by atoms with van der Waals surface area (Å²) in [7, 11) is 3.39. The van der Waals surface area contributed by atoms with E-state index in [4.69, 9.17) is 14.2 Å². The topological polar surface area (TPSA) is 27.7 Å². The molecule has 1 aromatic rings. The number of rotatable bonds is 7. The van der Waals surface area contributed by atoms with Crippen molar-refractivity contribution in [3.63, 3.8) is 0 Å². The molecule has 0 aromatic heterocycles. The molecule has 1 heterocycles. The van der Waals surface area contributed by atoms with Crippen LogP contribution in [0.15, 0.2) is 23.6 Å². The van der Waals surface area contributed by atoms with Gasteiger partial charge in [-0.25, -0.2) is 0 Å². The lowest BCUT2D eigenvalue weighted by molar-refractivity contribution is -0.757. The first-order valence-electron chi connectivity index (χ1n) is 9.53. The minimum atomic E-state index is 0.257. The minimum absolute atomic E-state index is 0.257. The van der Waals surface area contributed by atoms with Crippen molar-refractivity contribution in [1.82, 2.24) is 0 Å². The molecule has 1 atom stereocenters. The Bertz CT molecular complexity index is 661. The Kier molecular flexibility index (Phi) is 5.28. The number of quaternary nitrogens is 1. The molecule has 4 heteroatoms. The van der Waals surface area contributed by atoms with E-state index in [1.54, 1.807) is 14.2 Å². The van der Waals surface area contributed by atoms with E-state index in [-0.39, 0.29) is 6.10 Å². The lowest BCUT2D eigenvalue weighted by atomic mass is 9.89. The SMILES string of the molecule is CC/C(OC1CCc2cc(OC)c(OC)cc2C1)=C(\C)[N+]1(CC)CC1. The second kappa shape index (κ2) is 7.28. The van der Waals surface area contributed by atoms with E-state index in [1.165, 1.54) is 42.2 Å². The Morgan fingerprint density at radius 3 is 2.24 bits per heavy atom. The average molecular weight is 346 g/mol. The van der Waals surface area contributed by atoms with Gasteiger partial charge in [0.15, 0.2) is 17.3 Å². The molecular formula is C21H32NO3+. The first kappa shape index (κ1) is 18.1. The van der Waals surface area contributed by atoms with Gasteiger partial charge in [-0.05, 0) is 43.0 Å². The zero-order valence-electron chi connectivity index (χ0n) is 16.4. The Morgan fingerprint density at radius 1 is 1.08 bits per heavy atom. The van der Waals surface area contributed by atoms with Gasteiger partial charge in [0.1, 0.15) is 24.9 Å². The standard InChI is InChI=1S/C21H32NO3/c1-6-19(15(3)22(7-2)10-11-22)25-18-9-8-16-13-20(23-4)21(24-5)14-17(16)12-18/h13-14,18H,6-12H2,1-5H3/q+1/b19-15-. The maximum Gasteiger partial charge on any atom is 0.161 e.